The molecule has 0 amide bonds. The van der Waals surface area contributed by atoms with Gasteiger partial charge in [0.15, 0.2) is 0 Å². The first-order chi connectivity index (χ1) is 16.5. The second-order valence-corrected chi connectivity index (χ2v) is 8.58. The fraction of sp³-hybridized carbons (Fsp3) is 0.308. The SMILES string of the molecule is OCc1cc(C(O)CNCCc2ccc(OCCOCc3c(Cl)cccc3Cl)cc2)ccc1O. The van der Waals surface area contributed by atoms with Gasteiger partial charge in [-0.3, -0.25) is 0 Å². The number of hydrogen-bond acceptors (Lipinski definition) is 6. The number of ether oxygens (including phenoxy) is 2. The van der Waals surface area contributed by atoms with Crippen molar-refractivity contribution in [3.05, 3.63) is 93.0 Å². The molecule has 6 nitrogen and oxygen atoms in total. The summed E-state index contributed by atoms with van der Waals surface area (Å²) in [5.74, 6) is 0.784. The lowest BCUT2D eigenvalue weighted by molar-refractivity contribution is 0.0890. The van der Waals surface area contributed by atoms with Crippen molar-refractivity contribution < 1.29 is 24.8 Å². The van der Waals surface area contributed by atoms with E-state index >= 15 is 0 Å². The fourth-order valence-electron chi connectivity index (χ4n) is 3.34. The number of aromatic hydroxyl groups is 1. The molecule has 0 heterocycles. The summed E-state index contributed by atoms with van der Waals surface area (Å²) in [6, 6.07) is 18.0. The van der Waals surface area contributed by atoms with Crippen LogP contribution in [0, 0.1) is 0 Å². The second-order valence-electron chi connectivity index (χ2n) is 7.76. The first kappa shape index (κ1) is 26.3. The number of hydrogen-bond donors (Lipinski definition) is 4. The fourth-order valence-corrected chi connectivity index (χ4v) is 3.85. The molecule has 0 saturated heterocycles. The molecule has 0 fully saturated rings. The van der Waals surface area contributed by atoms with E-state index in [4.69, 9.17) is 32.7 Å². The zero-order valence-corrected chi connectivity index (χ0v) is 20.2. The van der Waals surface area contributed by atoms with Crippen molar-refractivity contribution in [2.24, 2.45) is 0 Å². The number of aliphatic hydroxyl groups is 2. The molecule has 0 spiro atoms. The Hall–Kier alpha value is -2.32. The first-order valence-electron chi connectivity index (χ1n) is 11.0. The molecule has 3 aromatic carbocycles. The molecule has 0 aliphatic carbocycles. The van der Waals surface area contributed by atoms with Crippen LogP contribution in [-0.4, -0.2) is 41.6 Å². The normalized spacial score (nSPS) is 12.0. The van der Waals surface area contributed by atoms with Gasteiger partial charge >= 0.3 is 0 Å². The van der Waals surface area contributed by atoms with E-state index in [9.17, 15) is 15.3 Å². The largest absolute Gasteiger partial charge is 0.508 e. The van der Waals surface area contributed by atoms with Gasteiger partial charge in [-0.25, -0.2) is 0 Å². The van der Waals surface area contributed by atoms with Crippen molar-refractivity contribution in [2.45, 2.75) is 25.7 Å². The van der Waals surface area contributed by atoms with Gasteiger partial charge in [0, 0.05) is 27.7 Å². The Morgan fingerprint density at radius 3 is 2.38 bits per heavy atom. The average Bonchev–Trinajstić information content (AvgIpc) is 2.84. The quantitative estimate of drug-likeness (QED) is 0.252. The van der Waals surface area contributed by atoms with Gasteiger partial charge in [-0.2, -0.15) is 0 Å². The minimum atomic E-state index is -0.724. The highest BCUT2D eigenvalue weighted by Gasteiger charge is 2.10. The lowest BCUT2D eigenvalue weighted by Gasteiger charge is -2.14. The van der Waals surface area contributed by atoms with Crippen LogP contribution in [0.3, 0.4) is 0 Å². The lowest BCUT2D eigenvalue weighted by Crippen LogP contribution is -2.23. The van der Waals surface area contributed by atoms with Crippen LogP contribution in [-0.2, 0) is 24.4 Å². The molecule has 3 aromatic rings. The first-order valence-corrected chi connectivity index (χ1v) is 11.8. The van der Waals surface area contributed by atoms with Crippen molar-refractivity contribution in [1.29, 1.82) is 0 Å². The van der Waals surface area contributed by atoms with Gasteiger partial charge in [0.05, 0.1) is 25.9 Å². The van der Waals surface area contributed by atoms with E-state index in [0.29, 0.717) is 54.1 Å². The summed E-state index contributed by atoms with van der Waals surface area (Å²) in [5.41, 5.74) is 2.96. The topological polar surface area (TPSA) is 91.2 Å². The number of phenols is 1. The molecular formula is C26H29Cl2NO5. The molecule has 0 saturated carbocycles. The van der Waals surface area contributed by atoms with Crippen LogP contribution in [0.15, 0.2) is 60.7 Å². The molecule has 1 unspecified atom stereocenters. The minimum absolute atomic E-state index is 0.0216. The van der Waals surface area contributed by atoms with Crippen molar-refractivity contribution in [3.63, 3.8) is 0 Å². The Labute approximate surface area is 209 Å². The summed E-state index contributed by atoms with van der Waals surface area (Å²) in [6.07, 6.45) is 0.0736. The zero-order chi connectivity index (χ0) is 24.3. The Bertz CT molecular complexity index is 1030. The molecule has 0 bridgehead atoms. The molecule has 182 valence electrons. The van der Waals surface area contributed by atoms with E-state index in [1.807, 2.05) is 24.3 Å². The Kier molecular flexibility index (Phi) is 10.5. The van der Waals surface area contributed by atoms with E-state index in [1.165, 1.54) is 6.07 Å². The maximum absolute atomic E-state index is 10.3. The van der Waals surface area contributed by atoms with Crippen molar-refractivity contribution in [3.8, 4) is 11.5 Å². The van der Waals surface area contributed by atoms with Gasteiger partial charge in [-0.1, -0.05) is 47.5 Å². The zero-order valence-electron chi connectivity index (χ0n) is 18.7. The van der Waals surface area contributed by atoms with Crippen molar-refractivity contribution >= 4 is 23.2 Å². The van der Waals surface area contributed by atoms with Crippen LogP contribution in [0.25, 0.3) is 0 Å². The van der Waals surface area contributed by atoms with Crippen LogP contribution in [0.2, 0.25) is 10.0 Å². The minimum Gasteiger partial charge on any atom is -0.508 e. The van der Waals surface area contributed by atoms with Gasteiger partial charge in [0.2, 0.25) is 0 Å². The predicted molar refractivity (Wildman–Crippen MR) is 134 cm³/mol. The average molecular weight is 506 g/mol. The Morgan fingerprint density at radius 1 is 0.941 bits per heavy atom. The predicted octanol–water partition coefficient (Wildman–Crippen LogP) is 4.65. The Balaban J connectivity index is 1.32. The standard InChI is InChI=1S/C26H29Cl2NO5/c27-23-2-1-3-24(28)22(23)17-33-12-13-34-21-7-4-18(5-8-21)10-11-29-15-26(32)19-6-9-25(31)20(14-19)16-30/h1-9,14,26,29-32H,10-13,15-17H2. The molecular weight excluding hydrogens is 477 g/mol. The summed E-state index contributed by atoms with van der Waals surface area (Å²) in [5, 5.41) is 33.6. The molecule has 0 aromatic heterocycles. The highest BCUT2D eigenvalue weighted by Crippen LogP contribution is 2.25. The van der Waals surface area contributed by atoms with E-state index in [2.05, 4.69) is 5.32 Å². The summed E-state index contributed by atoms with van der Waals surface area (Å²) < 4.78 is 11.3. The van der Waals surface area contributed by atoms with Crippen molar-refractivity contribution in [1.82, 2.24) is 5.32 Å². The van der Waals surface area contributed by atoms with Crippen LogP contribution in [0.5, 0.6) is 11.5 Å². The third-order valence-electron chi connectivity index (χ3n) is 5.31. The highest BCUT2D eigenvalue weighted by molar-refractivity contribution is 6.35. The van der Waals surface area contributed by atoms with Gasteiger partial charge < -0.3 is 30.1 Å². The van der Waals surface area contributed by atoms with E-state index in [0.717, 1.165) is 23.3 Å². The number of halogens is 2. The van der Waals surface area contributed by atoms with Gasteiger partial charge in [-0.05, 0) is 60.5 Å². The molecule has 0 radical (unpaired) electrons. The van der Waals surface area contributed by atoms with E-state index < -0.39 is 6.10 Å². The number of nitrogens with one attached hydrogen (secondary N) is 1. The van der Waals surface area contributed by atoms with Gasteiger partial charge in [-0.15, -0.1) is 0 Å². The summed E-state index contributed by atoms with van der Waals surface area (Å²) >= 11 is 12.3. The highest BCUT2D eigenvalue weighted by atomic mass is 35.5. The second kappa shape index (κ2) is 13.5. The molecule has 0 aliphatic heterocycles. The molecule has 0 aliphatic rings. The summed E-state index contributed by atoms with van der Waals surface area (Å²) in [6.45, 7) is 1.95. The van der Waals surface area contributed by atoms with Crippen LogP contribution >= 0.6 is 23.2 Å². The molecule has 4 N–H and O–H groups in total. The molecule has 3 rings (SSSR count). The van der Waals surface area contributed by atoms with Crippen LogP contribution in [0.4, 0.5) is 0 Å². The molecule has 1 atom stereocenters. The molecule has 34 heavy (non-hydrogen) atoms. The van der Waals surface area contributed by atoms with Crippen LogP contribution < -0.4 is 10.1 Å². The summed E-state index contributed by atoms with van der Waals surface area (Å²) in [4.78, 5) is 0. The van der Waals surface area contributed by atoms with E-state index in [1.54, 1.807) is 30.3 Å². The van der Waals surface area contributed by atoms with Gasteiger partial charge in [0.1, 0.15) is 18.1 Å². The number of aliphatic hydroxyl groups excluding tert-OH is 2. The monoisotopic (exact) mass is 505 g/mol. The number of benzene rings is 3. The molecule has 8 heteroatoms. The van der Waals surface area contributed by atoms with Crippen molar-refractivity contribution in [2.75, 3.05) is 26.3 Å². The smallest absolute Gasteiger partial charge is 0.121 e. The lowest BCUT2D eigenvalue weighted by atomic mass is 10.1. The third-order valence-corrected chi connectivity index (χ3v) is 6.02. The third kappa shape index (κ3) is 7.87. The Morgan fingerprint density at radius 2 is 1.68 bits per heavy atom. The van der Waals surface area contributed by atoms with E-state index in [-0.39, 0.29) is 12.4 Å². The number of rotatable bonds is 13. The maximum Gasteiger partial charge on any atom is 0.121 e. The summed E-state index contributed by atoms with van der Waals surface area (Å²) in [7, 11) is 0. The van der Waals surface area contributed by atoms with Crippen LogP contribution in [0.1, 0.15) is 28.4 Å². The van der Waals surface area contributed by atoms with Gasteiger partial charge in [0.25, 0.3) is 0 Å². The maximum atomic E-state index is 10.3.